The number of nitro benzene ring substituents is 1. The molecule has 0 unspecified atom stereocenters. The maximum absolute atomic E-state index is 13.1. The van der Waals surface area contributed by atoms with Crippen molar-refractivity contribution in [2.24, 2.45) is 16.7 Å². The zero-order chi connectivity index (χ0) is 30.0. The molecule has 3 aromatic carbocycles. The van der Waals surface area contributed by atoms with E-state index >= 15 is 0 Å². The van der Waals surface area contributed by atoms with Gasteiger partial charge in [-0.25, -0.2) is 18.1 Å². The van der Waals surface area contributed by atoms with Gasteiger partial charge in [-0.2, -0.15) is 0 Å². The van der Waals surface area contributed by atoms with E-state index in [2.05, 4.69) is 35.8 Å². The lowest BCUT2D eigenvalue weighted by Crippen LogP contribution is -2.40. The minimum absolute atomic E-state index is 0.0214. The third-order valence-corrected chi connectivity index (χ3v) is 12.1. The second-order valence-electron chi connectivity index (χ2n) is 12.2. The standard InChI is InChI=1S/C31H32N4O5S2/c1-18-32-25-15-21(9-12-27(25)41-18)19-5-7-20(8-6-19)29(36)34-42(39,40)23-10-11-24(26(17-23)35(37)38)33-28-16-22-13-14-31(28,4)30(22,2)3/h5-12,15,17,22,28,33H,13-14,16H2,1-4H3,(H,34,36)/t22-,28-,31+/m0/s1. The van der Waals surface area contributed by atoms with Crippen LogP contribution in [0.1, 0.15) is 55.4 Å². The van der Waals surface area contributed by atoms with E-state index in [0.29, 0.717) is 5.92 Å². The molecule has 0 spiro atoms. The molecule has 2 aliphatic rings. The summed E-state index contributed by atoms with van der Waals surface area (Å²) in [7, 11) is -4.37. The Morgan fingerprint density at radius 1 is 1.05 bits per heavy atom. The molecule has 1 amide bonds. The maximum Gasteiger partial charge on any atom is 0.293 e. The number of anilines is 1. The van der Waals surface area contributed by atoms with Crippen molar-refractivity contribution in [3.63, 3.8) is 0 Å². The highest BCUT2D eigenvalue weighted by atomic mass is 32.2. The number of sulfonamides is 1. The fourth-order valence-corrected chi connectivity index (χ4v) is 8.64. The van der Waals surface area contributed by atoms with Crippen LogP contribution in [0.4, 0.5) is 11.4 Å². The Morgan fingerprint density at radius 2 is 1.76 bits per heavy atom. The SMILES string of the molecule is Cc1nc2cc(-c3ccc(C(=O)NS(=O)(=O)c4ccc(N[C@H]5C[C@@H]6CC[C@@]5(C)C6(C)C)c([N+](=O)[O-])c4)cc3)ccc2s1. The van der Waals surface area contributed by atoms with Crippen LogP contribution in [0.5, 0.6) is 0 Å². The molecule has 9 nitrogen and oxygen atoms in total. The monoisotopic (exact) mass is 604 g/mol. The number of nitro groups is 1. The molecule has 2 bridgehead atoms. The van der Waals surface area contributed by atoms with Gasteiger partial charge >= 0.3 is 0 Å². The van der Waals surface area contributed by atoms with Gasteiger partial charge < -0.3 is 5.32 Å². The van der Waals surface area contributed by atoms with Crippen LogP contribution >= 0.6 is 11.3 Å². The molecule has 6 rings (SSSR count). The van der Waals surface area contributed by atoms with Crippen molar-refractivity contribution < 1.29 is 18.1 Å². The number of hydrogen-bond acceptors (Lipinski definition) is 8. The maximum atomic E-state index is 13.1. The largest absolute Gasteiger partial charge is 0.376 e. The van der Waals surface area contributed by atoms with Crippen LogP contribution in [0.15, 0.2) is 65.6 Å². The molecule has 1 heterocycles. The first-order chi connectivity index (χ1) is 19.8. The predicted octanol–water partition coefficient (Wildman–Crippen LogP) is 6.93. The van der Waals surface area contributed by atoms with Crippen molar-refractivity contribution in [2.45, 2.75) is 57.9 Å². The van der Waals surface area contributed by atoms with Crippen LogP contribution < -0.4 is 10.0 Å². The lowest BCUT2D eigenvalue weighted by molar-refractivity contribution is -0.384. The third-order valence-electron chi connectivity index (χ3n) is 9.80. The summed E-state index contributed by atoms with van der Waals surface area (Å²) < 4.78 is 29.4. The molecule has 11 heteroatoms. The third kappa shape index (κ3) is 4.64. The van der Waals surface area contributed by atoms with Crippen LogP contribution in [0.3, 0.4) is 0 Å². The zero-order valence-corrected chi connectivity index (χ0v) is 25.4. The van der Waals surface area contributed by atoms with Gasteiger partial charge in [0.05, 0.1) is 25.0 Å². The first kappa shape index (κ1) is 28.3. The van der Waals surface area contributed by atoms with Crippen molar-refractivity contribution in [1.29, 1.82) is 0 Å². The Kier molecular flexibility index (Phi) is 6.65. The number of aromatic nitrogens is 1. The molecular formula is C31H32N4O5S2. The van der Waals surface area contributed by atoms with Crippen LogP contribution in [-0.2, 0) is 10.0 Å². The molecule has 2 N–H and O–H groups in total. The summed E-state index contributed by atoms with van der Waals surface area (Å²) in [6, 6.07) is 16.3. The normalized spacial score (nSPS) is 22.8. The number of aryl methyl sites for hydroxylation is 1. The molecule has 2 fully saturated rings. The molecule has 4 aromatic rings. The number of carbonyl (C=O) groups excluding carboxylic acids is 1. The zero-order valence-electron chi connectivity index (χ0n) is 23.8. The van der Waals surface area contributed by atoms with E-state index in [1.54, 1.807) is 35.6 Å². The summed E-state index contributed by atoms with van der Waals surface area (Å²) >= 11 is 1.62. The second-order valence-corrected chi connectivity index (χ2v) is 15.1. The molecule has 3 atom stereocenters. The summed E-state index contributed by atoms with van der Waals surface area (Å²) in [6.07, 6.45) is 3.09. The van der Waals surface area contributed by atoms with E-state index in [1.807, 2.05) is 25.1 Å². The fraction of sp³-hybridized carbons (Fsp3) is 0.355. The number of thiazole rings is 1. The van der Waals surface area contributed by atoms with Crippen molar-refractivity contribution in [3.8, 4) is 11.1 Å². The quantitative estimate of drug-likeness (QED) is 0.173. The molecule has 2 aliphatic carbocycles. The van der Waals surface area contributed by atoms with Crippen molar-refractivity contribution in [2.75, 3.05) is 5.32 Å². The van der Waals surface area contributed by atoms with Gasteiger partial charge in [-0.3, -0.25) is 14.9 Å². The van der Waals surface area contributed by atoms with E-state index in [4.69, 9.17) is 0 Å². The van der Waals surface area contributed by atoms with Gasteiger partial charge in [0.15, 0.2) is 0 Å². The summed E-state index contributed by atoms with van der Waals surface area (Å²) in [5.41, 5.74) is 2.85. The molecule has 42 heavy (non-hydrogen) atoms. The Bertz CT molecular complexity index is 1850. The van der Waals surface area contributed by atoms with Crippen LogP contribution in [-0.4, -0.2) is 30.3 Å². The molecule has 0 saturated heterocycles. The van der Waals surface area contributed by atoms with Gasteiger partial charge in [0.25, 0.3) is 21.6 Å². The average Bonchev–Trinajstić information content (AvgIpc) is 3.49. The average molecular weight is 605 g/mol. The summed E-state index contributed by atoms with van der Waals surface area (Å²) in [5, 5.41) is 16.3. The predicted molar refractivity (Wildman–Crippen MR) is 164 cm³/mol. The van der Waals surface area contributed by atoms with E-state index in [-0.39, 0.29) is 38.7 Å². The minimum Gasteiger partial charge on any atom is -0.376 e. The van der Waals surface area contributed by atoms with E-state index in [0.717, 1.165) is 51.7 Å². The van der Waals surface area contributed by atoms with Gasteiger partial charge in [-0.1, -0.05) is 39.0 Å². The Labute approximate surface area is 248 Å². The van der Waals surface area contributed by atoms with Gasteiger partial charge in [0.2, 0.25) is 0 Å². The number of benzene rings is 3. The van der Waals surface area contributed by atoms with Gasteiger partial charge in [0.1, 0.15) is 5.69 Å². The number of carbonyl (C=O) groups is 1. The number of nitrogens with zero attached hydrogens (tertiary/aromatic N) is 2. The van der Waals surface area contributed by atoms with Crippen LogP contribution in [0.2, 0.25) is 0 Å². The minimum atomic E-state index is -4.37. The highest BCUT2D eigenvalue weighted by molar-refractivity contribution is 7.90. The highest BCUT2D eigenvalue weighted by Crippen LogP contribution is 2.66. The van der Waals surface area contributed by atoms with Crippen molar-refractivity contribution >= 4 is 48.9 Å². The van der Waals surface area contributed by atoms with E-state index < -0.39 is 20.9 Å². The first-order valence-corrected chi connectivity index (χ1v) is 16.2. The van der Waals surface area contributed by atoms with Gasteiger partial charge in [0, 0.05) is 17.7 Å². The summed E-state index contributed by atoms with van der Waals surface area (Å²) in [4.78, 5) is 28.5. The van der Waals surface area contributed by atoms with Crippen molar-refractivity contribution in [1.82, 2.24) is 9.71 Å². The molecule has 1 aromatic heterocycles. The lowest BCUT2D eigenvalue weighted by Gasteiger charge is -2.39. The first-order valence-electron chi connectivity index (χ1n) is 13.9. The number of fused-ring (bicyclic) bond motifs is 3. The molecule has 0 aliphatic heterocycles. The highest BCUT2D eigenvalue weighted by Gasteiger charge is 2.61. The Balaban J connectivity index is 1.19. The van der Waals surface area contributed by atoms with Gasteiger partial charge in [-0.05, 0) is 90.5 Å². The second kappa shape index (κ2) is 9.88. The lowest BCUT2D eigenvalue weighted by atomic mass is 9.69. The van der Waals surface area contributed by atoms with Crippen LogP contribution in [0, 0.1) is 33.8 Å². The Hall–Kier alpha value is -3.83. The summed E-state index contributed by atoms with van der Waals surface area (Å²) in [5.74, 6) is -0.289. The van der Waals surface area contributed by atoms with Crippen molar-refractivity contribution in [3.05, 3.63) is 81.3 Å². The smallest absolute Gasteiger partial charge is 0.293 e. The molecule has 0 radical (unpaired) electrons. The van der Waals surface area contributed by atoms with Crippen LogP contribution in [0.25, 0.3) is 21.3 Å². The van der Waals surface area contributed by atoms with Gasteiger partial charge in [-0.15, -0.1) is 11.3 Å². The molecular weight excluding hydrogens is 572 g/mol. The number of rotatable bonds is 7. The number of amides is 1. The van der Waals surface area contributed by atoms with E-state index in [9.17, 15) is 23.3 Å². The number of hydrogen-bond donors (Lipinski definition) is 2. The fourth-order valence-electron chi connectivity index (χ4n) is 6.84. The number of nitrogens with one attached hydrogen (secondary N) is 2. The molecule has 218 valence electrons. The topological polar surface area (TPSA) is 131 Å². The molecule has 2 saturated carbocycles. The summed E-state index contributed by atoms with van der Waals surface area (Å²) in [6.45, 7) is 8.70. The Morgan fingerprint density at radius 3 is 2.40 bits per heavy atom. The van der Waals surface area contributed by atoms with E-state index in [1.165, 1.54) is 12.1 Å².